The van der Waals surface area contributed by atoms with Crippen LogP contribution >= 0.6 is 24.8 Å². The molecule has 0 saturated heterocycles. The zero-order valence-corrected chi connectivity index (χ0v) is 12.6. The van der Waals surface area contributed by atoms with Gasteiger partial charge in [0.15, 0.2) is 0 Å². The van der Waals surface area contributed by atoms with Crippen molar-refractivity contribution >= 4 is 36.8 Å². The molecular weight excluding hydrogens is 291 g/mol. The Hall–Kier alpha value is -1.26. The smallest absolute Gasteiger partial charge is 0.303 e. The standard InChI is InChI=1S/C8H10.C5H8O4.2ClH/c1-7-3-5-8(2)6-4-7;6-4(7)2-1-3-5(8)9;;/h3-6H,1-2H3;1-3H2,(H,6,7)(H,8,9);2*1H. The largest absolute Gasteiger partial charge is 0.481 e. The number of halogens is 2. The molecule has 1 aromatic carbocycles. The van der Waals surface area contributed by atoms with Crippen LogP contribution in [0.3, 0.4) is 0 Å². The normalized spacial score (nSPS) is 8.11. The summed E-state index contributed by atoms with van der Waals surface area (Å²) in [6.07, 6.45) is 0.0866. The fourth-order valence-electron chi connectivity index (χ4n) is 1.03. The summed E-state index contributed by atoms with van der Waals surface area (Å²) < 4.78 is 0. The molecule has 2 N–H and O–H groups in total. The number of hydrogen-bond donors (Lipinski definition) is 2. The number of rotatable bonds is 4. The van der Waals surface area contributed by atoms with Crippen LogP contribution in [0.5, 0.6) is 0 Å². The first-order chi connectivity index (χ1) is 7.91. The molecule has 110 valence electrons. The van der Waals surface area contributed by atoms with Gasteiger partial charge in [-0.15, -0.1) is 24.8 Å². The summed E-state index contributed by atoms with van der Waals surface area (Å²) in [5.74, 6) is -1.90. The van der Waals surface area contributed by atoms with Gasteiger partial charge in [-0.25, -0.2) is 0 Å². The number of carbonyl (C=O) groups is 2. The van der Waals surface area contributed by atoms with E-state index in [0.29, 0.717) is 0 Å². The number of aliphatic carboxylic acids is 2. The number of hydrogen-bond acceptors (Lipinski definition) is 2. The molecule has 0 saturated carbocycles. The molecule has 0 unspecified atom stereocenters. The van der Waals surface area contributed by atoms with E-state index >= 15 is 0 Å². The second-order valence-corrected chi connectivity index (χ2v) is 3.80. The third kappa shape index (κ3) is 16.7. The number of aryl methyl sites for hydroxylation is 2. The lowest BCUT2D eigenvalue weighted by Crippen LogP contribution is -1.98. The SMILES string of the molecule is Cc1ccc(C)cc1.Cl.Cl.O=C(O)CCCC(=O)O. The average Bonchev–Trinajstić information content (AvgIpc) is 2.22. The van der Waals surface area contributed by atoms with Crippen LogP contribution in [0.15, 0.2) is 24.3 Å². The van der Waals surface area contributed by atoms with Gasteiger partial charge < -0.3 is 10.2 Å². The van der Waals surface area contributed by atoms with Gasteiger partial charge in [-0.2, -0.15) is 0 Å². The van der Waals surface area contributed by atoms with Gasteiger partial charge in [-0.1, -0.05) is 35.4 Å². The molecule has 1 rings (SSSR count). The van der Waals surface area contributed by atoms with E-state index in [1.807, 2.05) is 0 Å². The molecule has 6 heteroatoms. The van der Waals surface area contributed by atoms with Gasteiger partial charge in [-0.05, 0) is 20.3 Å². The lowest BCUT2D eigenvalue weighted by Gasteiger charge is -1.90. The van der Waals surface area contributed by atoms with Crippen molar-refractivity contribution in [3.8, 4) is 0 Å². The van der Waals surface area contributed by atoms with Crippen LogP contribution in [0.1, 0.15) is 30.4 Å². The van der Waals surface area contributed by atoms with Gasteiger partial charge in [-0.3, -0.25) is 9.59 Å². The summed E-state index contributed by atoms with van der Waals surface area (Å²) in [5, 5.41) is 16.1. The molecule has 0 amide bonds. The van der Waals surface area contributed by atoms with Crippen LogP contribution < -0.4 is 0 Å². The lowest BCUT2D eigenvalue weighted by molar-refractivity contribution is -0.138. The zero-order valence-electron chi connectivity index (χ0n) is 11.0. The zero-order chi connectivity index (χ0) is 13.3. The first kappa shape index (κ1) is 22.9. The van der Waals surface area contributed by atoms with Gasteiger partial charge in [0.1, 0.15) is 0 Å². The number of benzene rings is 1. The van der Waals surface area contributed by atoms with E-state index in [-0.39, 0.29) is 44.1 Å². The fourth-order valence-corrected chi connectivity index (χ4v) is 1.03. The van der Waals surface area contributed by atoms with Crippen LogP contribution in [0.2, 0.25) is 0 Å². The topological polar surface area (TPSA) is 74.6 Å². The van der Waals surface area contributed by atoms with E-state index in [1.165, 1.54) is 11.1 Å². The van der Waals surface area contributed by atoms with Gasteiger partial charge in [0, 0.05) is 12.8 Å². The van der Waals surface area contributed by atoms with Crippen LogP contribution in [-0.4, -0.2) is 22.2 Å². The first-order valence-electron chi connectivity index (χ1n) is 5.38. The fraction of sp³-hybridized carbons (Fsp3) is 0.385. The van der Waals surface area contributed by atoms with Crippen molar-refractivity contribution in [3.63, 3.8) is 0 Å². The van der Waals surface area contributed by atoms with Crippen LogP contribution in [0, 0.1) is 13.8 Å². The molecule has 0 aromatic heterocycles. The van der Waals surface area contributed by atoms with Crippen LogP contribution in [0.25, 0.3) is 0 Å². The van der Waals surface area contributed by atoms with Crippen molar-refractivity contribution in [3.05, 3.63) is 35.4 Å². The van der Waals surface area contributed by atoms with Crippen molar-refractivity contribution in [2.75, 3.05) is 0 Å². The molecule has 0 radical (unpaired) electrons. The highest BCUT2D eigenvalue weighted by Crippen LogP contribution is 1.99. The second kappa shape index (κ2) is 13.2. The molecule has 0 heterocycles. The van der Waals surface area contributed by atoms with Gasteiger partial charge >= 0.3 is 11.9 Å². The van der Waals surface area contributed by atoms with Crippen LogP contribution in [0.4, 0.5) is 0 Å². The summed E-state index contributed by atoms with van der Waals surface area (Å²) in [5.41, 5.74) is 2.66. The van der Waals surface area contributed by atoms with Crippen LogP contribution in [-0.2, 0) is 9.59 Å². The summed E-state index contributed by atoms with van der Waals surface area (Å²) in [4.78, 5) is 19.6. The van der Waals surface area contributed by atoms with E-state index in [2.05, 4.69) is 38.1 Å². The predicted molar refractivity (Wildman–Crippen MR) is 79.5 cm³/mol. The summed E-state index contributed by atoms with van der Waals surface area (Å²) in [6.45, 7) is 4.19. The number of carboxylic acids is 2. The van der Waals surface area contributed by atoms with E-state index < -0.39 is 11.9 Å². The van der Waals surface area contributed by atoms with Crippen molar-refractivity contribution in [2.24, 2.45) is 0 Å². The third-order valence-electron chi connectivity index (χ3n) is 2.00. The third-order valence-corrected chi connectivity index (χ3v) is 2.00. The molecule has 0 bridgehead atoms. The molecule has 0 aliphatic heterocycles. The molecule has 1 aromatic rings. The molecule has 0 atom stereocenters. The summed E-state index contributed by atoms with van der Waals surface area (Å²) in [6, 6.07) is 8.48. The summed E-state index contributed by atoms with van der Waals surface area (Å²) >= 11 is 0. The minimum atomic E-state index is -0.948. The van der Waals surface area contributed by atoms with Crippen molar-refractivity contribution in [2.45, 2.75) is 33.1 Å². The highest BCUT2D eigenvalue weighted by atomic mass is 35.5. The quantitative estimate of drug-likeness (QED) is 0.893. The Labute approximate surface area is 125 Å². The van der Waals surface area contributed by atoms with Gasteiger partial charge in [0.05, 0.1) is 0 Å². The number of carboxylic acid groups (broad SMARTS) is 2. The Morgan fingerprint density at radius 3 is 1.32 bits per heavy atom. The maximum absolute atomic E-state index is 9.79. The maximum atomic E-state index is 9.79. The Morgan fingerprint density at radius 2 is 1.11 bits per heavy atom. The Morgan fingerprint density at radius 1 is 0.842 bits per heavy atom. The highest BCUT2D eigenvalue weighted by Gasteiger charge is 1.99. The van der Waals surface area contributed by atoms with E-state index in [0.717, 1.165) is 0 Å². The Kier molecular flexibility index (Phi) is 15.9. The molecule has 19 heavy (non-hydrogen) atoms. The average molecular weight is 311 g/mol. The minimum Gasteiger partial charge on any atom is -0.481 e. The van der Waals surface area contributed by atoms with E-state index in [1.54, 1.807) is 0 Å². The predicted octanol–water partition coefficient (Wildman–Crippen LogP) is 3.47. The maximum Gasteiger partial charge on any atom is 0.303 e. The monoisotopic (exact) mass is 310 g/mol. The van der Waals surface area contributed by atoms with Crippen molar-refractivity contribution in [1.29, 1.82) is 0 Å². The van der Waals surface area contributed by atoms with E-state index in [4.69, 9.17) is 10.2 Å². The minimum absolute atomic E-state index is 0. The molecule has 4 nitrogen and oxygen atoms in total. The second-order valence-electron chi connectivity index (χ2n) is 3.80. The first-order valence-corrected chi connectivity index (χ1v) is 5.38. The van der Waals surface area contributed by atoms with Crippen molar-refractivity contribution < 1.29 is 19.8 Å². The molecule has 0 aliphatic rings. The summed E-state index contributed by atoms with van der Waals surface area (Å²) in [7, 11) is 0. The van der Waals surface area contributed by atoms with E-state index in [9.17, 15) is 9.59 Å². The Bertz CT molecular complexity index is 328. The molecule has 0 spiro atoms. The Balaban J connectivity index is -0.000000244. The molecule has 0 fully saturated rings. The van der Waals surface area contributed by atoms with Crippen molar-refractivity contribution in [1.82, 2.24) is 0 Å². The lowest BCUT2D eigenvalue weighted by atomic mass is 10.2. The van der Waals surface area contributed by atoms with Gasteiger partial charge in [0.2, 0.25) is 0 Å². The molecular formula is C13H20Cl2O4. The van der Waals surface area contributed by atoms with Gasteiger partial charge in [0.25, 0.3) is 0 Å². The molecule has 0 aliphatic carbocycles. The highest BCUT2D eigenvalue weighted by molar-refractivity contribution is 5.85.